The minimum atomic E-state index is -0.585. The fraction of sp³-hybridized carbons (Fsp3) is 0.467. The Labute approximate surface area is 203 Å². The van der Waals surface area contributed by atoms with E-state index < -0.39 is 4.92 Å². The number of anilines is 1. The van der Waals surface area contributed by atoms with E-state index in [-0.39, 0.29) is 55.6 Å². The summed E-state index contributed by atoms with van der Waals surface area (Å²) < 4.78 is 1.52. The zero-order valence-electron chi connectivity index (χ0n) is 15.1. The quantitative estimate of drug-likeness (QED) is 0.407. The van der Waals surface area contributed by atoms with Gasteiger partial charge in [0.05, 0.1) is 16.6 Å². The lowest BCUT2D eigenvalue weighted by molar-refractivity contribution is -0.394. The summed E-state index contributed by atoms with van der Waals surface area (Å²) in [4.78, 5) is 18.3. The zero-order chi connectivity index (χ0) is 17.8. The number of aryl methyl sites for hydroxylation is 1. The van der Waals surface area contributed by atoms with E-state index in [2.05, 4.69) is 19.9 Å². The van der Waals surface area contributed by atoms with Crippen LogP contribution in [-0.4, -0.2) is 57.3 Å². The molecule has 0 spiro atoms. The van der Waals surface area contributed by atoms with Crippen molar-refractivity contribution >= 4 is 84.5 Å². The Kier molecular flexibility index (Phi) is 15.0. The third kappa shape index (κ3) is 8.49. The van der Waals surface area contributed by atoms with E-state index in [1.807, 2.05) is 18.2 Å². The molecule has 29 heavy (non-hydrogen) atoms. The van der Waals surface area contributed by atoms with Gasteiger partial charge in [0.2, 0.25) is 6.33 Å². The second kappa shape index (κ2) is 14.3. The molecule has 1 aromatic carbocycles. The molecule has 1 saturated heterocycles. The van der Waals surface area contributed by atoms with Crippen LogP contribution < -0.4 is 4.90 Å². The third-order valence-electron chi connectivity index (χ3n) is 4.19. The van der Waals surface area contributed by atoms with Crippen LogP contribution in [0.2, 0.25) is 10.0 Å². The van der Waals surface area contributed by atoms with Crippen LogP contribution in [0.4, 0.5) is 11.6 Å². The molecule has 1 fully saturated rings. The maximum atomic E-state index is 10.6. The number of hydrogen-bond donors (Lipinski definition) is 0. The molecule has 1 aromatic heterocycles. The largest absolute Gasteiger partial charge is 0.490 e. The molecule has 8 nitrogen and oxygen atoms in total. The average molecular weight is 531 g/mol. The Morgan fingerprint density at radius 1 is 1.00 bits per heavy atom. The van der Waals surface area contributed by atoms with Crippen molar-refractivity contribution in [2.45, 2.75) is 13.0 Å². The molecule has 0 amide bonds. The van der Waals surface area contributed by atoms with Crippen LogP contribution in [0.1, 0.15) is 6.42 Å². The standard InChI is InChI=1S/C15H18Cl2N6O2.4ClH/c16-13-3-2-12(10-14(13)17)21-8-6-20(7-9-21)4-1-5-22-11-18-15(19-22)23(24)25;;;;/h2-3,10-11H,1,4-9H2;4*1H. The van der Waals surface area contributed by atoms with Crippen molar-refractivity contribution in [3.63, 3.8) is 0 Å². The lowest BCUT2D eigenvalue weighted by Gasteiger charge is -2.36. The van der Waals surface area contributed by atoms with Gasteiger partial charge in [-0.25, -0.2) is 0 Å². The summed E-state index contributed by atoms with van der Waals surface area (Å²) in [5.74, 6) is -0.352. The van der Waals surface area contributed by atoms with Crippen LogP contribution >= 0.6 is 72.8 Å². The first-order valence-corrected chi connectivity index (χ1v) is 8.75. The molecular formula is C15H22Cl6N6O2. The minimum absolute atomic E-state index is 0. The lowest BCUT2D eigenvalue weighted by atomic mass is 10.2. The smallest absolute Gasteiger partial charge is 0.390 e. The first-order chi connectivity index (χ1) is 12.0. The topological polar surface area (TPSA) is 80.3 Å². The Morgan fingerprint density at radius 2 is 1.66 bits per heavy atom. The van der Waals surface area contributed by atoms with Gasteiger partial charge in [-0.2, -0.15) is 4.68 Å². The number of halogens is 6. The molecule has 0 unspecified atom stereocenters. The summed E-state index contributed by atoms with van der Waals surface area (Å²) in [6.45, 7) is 5.30. The van der Waals surface area contributed by atoms with Gasteiger partial charge in [-0.05, 0) is 29.5 Å². The molecule has 0 saturated carbocycles. The van der Waals surface area contributed by atoms with Gasteiger partial charge in [0.25, 0.3) is 0 Å². The van der Waals surface area contributed by atoms with Crippen molar-refractivity contribution in [1.82, 2.24) is 19.7 Å². The van der Waals surface area contributed by atoms with Crippen LogP contribution in [0.3, 0.4) is 0 Å². The Bertz CT molecular complexity index is 757. The number of benzene rings is 1. The fourth-order valence-corrected chi connectivity index (χ4v) is 3.14. The molecule has 3 rings (SSSR count). The summed E-state index contributed by atoms with van der Waals surface area (Å²) in [5.41, 5.74) is 1.09. The zero-order valence-corrected chi connectivity index (χ0v) is 19.9. The highest BCUT2D eigenvalue weighted by atomic mass is 35.5. The van der Waals surface area contributed by atoms with Gasteiger partial charge >= 0.3 is 5.95 Å². The van der Waals surface area contributed by atoms with Gasteiger partial charge in [0, 0.05) is 43.5 Å². The minimum Gasteiger partial charge on any atom is -0.390 e. The molecule has 0 N–H and O–H groups in total. The van der Waals surface area contributed by atoms with Gasteiger partial charge < -0.3 is 15.0 Å². The molecule has 0 aliphatic carbocycles. The van der Waals surface area contributed by atoms with Gasteiger partial charge in [-0.1, -0.05) is 28.2 Å². The Balaban J connectivity index is 0. The van der Waals surface area contributed by atoms with E-state index in [9.17, 15) is 10.1 Å². The Hall–Kier alpha value is -0.740. The molecule has 0 bridgehead atoms. The summed E-state index contributed by atoms with van der Waals surface area (Å²) in [5, 5.41) is 15.5. The highest BCUT2D eigenvalue weighted by Gasteiger charge is 2.18. The molecule has 2 aromatic rings. The van der Waals surface area contributed by atoms with Crippen LogP contribution in [0.5, 0.6) is 0 Å². The molecule has 2 heterocycles. The predicted molar refractivity (Wildman–Crippen MR) is 125 cm³/mol. The van der Waals surface area contributed by atoms with Crippen molar-refractivity contribution in [3.05, 3.63) is 44.7 Å². The van der Waals surface area contributed by atoms with Crippen LogP contribution in [0, 0.1) is 10.1 Å². The monoisotopic (exact) mass is 528 g/mol. The summed E-state index contributed by atoms with van der Waals surface area (Å²) in [6, 6.07) is 5.71. The summed E-state index contributed by atoms with van der Waals surface area (Å²) in [7, 11) is 0. The van der Waals surface area contributed by atoms with E-state index in [1.54, 1.807) is 0 Å². The summed E-state index contributed by atoms with van der Waals surface area (Å²) >= 11 is 12.0. The molecule has 1 aliphatic rings. The maximum absolute atomic E-state index is 10.6. The van der Waals surface area contributed by atoms with E-state index in [0.717, 1.165) is 44.8 Å². The highest BCUT2D eigenvalue weighted by molar-refractivity contribution is 6.42. The first kappa shape index (κ1) is 30.5. The molecule has 0 atom stereocenters. The first-order valence-electron chi connectivity index (χ1n) is 7.99. The predicted octanol–water partition coefficient (Wildman–Crippen LogP) is 4.39. The van der Waals surface area contributed by atoms with Crippen molar-refractivity contribution in [1.29, 1.82) is 0 Å². The number of nitrogens with zero attached hydrogens (tertiary/aromatic N) is 6. The van der Waals surface area contributed by atoms with Gasteiger partial charge in [-0.3, -0.25) is 4.90 Å². The molecule has 166 valence electrons. The molecule has 14 heteroatoms. The van der Waals surface area contributed by atoms with Gasteiger partial charge in [-0.15, -0.1) is 49.6 Å². The number of piperazine rings is 1. The third-order valence-corrected chi connectivity index (χ3v) is 4.93. The number of rotatable bonds is 6. The van der Waals surface area contributed by atoms with E-state index in [1.165, 1.54) is 11.0 Å². The van der Waals surface area contributed by atoms with E-state index in [0.29, 0.717) is 16.6 Å². The second-order valence-corrected chi connectivity index (χ2v) is 6.66. The lowest BCUT2D eigenvalue weighted by Crippen LogP contribution is -2.46. The number of hydrogen-bond acceptors (Lipinski definition) is 6. The molecular weight excluding hydrogens is 509 g/mol. The van der Waals surface area contributed by atoms with E-state index >= 15 is 0 Å². The van der Waals surface area contributed by atoms with Crippen molar-refractivity contribution in [3.8, 4) is 0 Å². The number of aromatic nitrogens is 3. The highest BCUT2D eigenvalue weighted by Crippen LogP contribution is 2.27. The molecule has 0 radical (unpaired) electrons. The van der Waals surface area contributed by atoms with Gasteiger partial charge in [0.1, 0.15) is 0 Å². The summed E-state index contributed by atoms with van der Waals surface area (Å²) in [6.07, 6.45) is 2.27. The van der Waals surface area contributed by atoms with Crippen molar-refractivity contribution < 1.29 is 4.92 Å². The van der Waals surface area contributed by atoms with Crippen LogP contribution in [-0.2, 0) is 6.54 Å². The fourth-order valence-electron chi connectivity index (χ4n) is 2.84. The number of nitro groups is 1. The van der Waals surface area contributed by atoms with Crippen LogP contribution in [0.15, 0.2) is 24.5 Å². The Morgan fingerprint density at radius 3 is 2.21 bits per heavy atom. The van der Waals surface area contributed by atoms with Crippen molar-refractivity contribution in [2.75, 3.05) is 37.6 Å². The van der Waals surface area contributed by atoms with Crippen molar-refractivity contribution in [2.24, 2.45) is 0 Å². The molecule has 1 aliphatic heterocycles. The van der Waals surface area contributed by atoms with Crippen LogP contribution in [0.25, 0.3) is 0 Å². The second-order valence-electron chi connectivity index (χ2n) is 5.85. The maximum Gasteiger partial charge on any atom is 0.490 e. The van der Waals surface area contributed by atoms with Gasteiger partial charge in [0.15, 0.2) is 0 Å². The average Bonchev–Trinajstić information content (AvgIpc) is 3.07. The SMILES string of the molecule is Cl.Cl.Cl.Cl.O=[N+]([O-])c1ncn(CCCN2CCN(c3ccc(Cl)c(Cl)c3)CC2)n1. The normalized spacial score (nSPS) is 13.4. The van der Waals surface area contributed by atoms with E-state index in [4.69, 9.17) is 23.2 Å².